The summed E-state index contributed by atoms with van der Waals surface area (Å²) in [5, 5.41) is 3.43. The first kappa shape index (κ1) is 14.1. The number of halogens is 2. The Balaban J connectivity index is 2.07. The van der Waals surface area contributed by atoms with Crippen molar-refractivity contribution in [1.29, 1.82) is 0 Å². The van der Waals surface area contributed by atoms with Crippen LogP contribution in [0.2, 0.25) is 0 Å². The van der Waals surface area contributed by atoms with E-state index in [1.54, 1.807) is 6.07 Å². The molecule has 0 aliphatic carbocycles. The lowest BCUT2D eigenvalue weighted by atomic mass is 10.1. The zero-order valence-electron chi connectivity index (χ0n) is 11.1. The van der Waals surface area contributed by atoms with E-state index in [9.17, 15) is 4.39 Å². The van der Waals surface area contributed by atoms with Gasteiger partial charge in [0.15, 0.2) is 0 Å². The lowest BCUT2D eigenvalue weighted by Gasteiger charge is -2.17. The first-order valence-corrected chi connectivity index (χ1v) is 7.11. The average molecular weight is 322 g/mol. The molecule has 3 heteroatoms. The number of hydrogen-bond acceptors (Lipinski definition) is 1. The third-order valence-corrected chi connectivity index (χ3v) is 3.58. The van der Waals surface area contributed by atoms with E-state index in [-0.39, 0.29) is 11.9 Å². The second-order valence-corrected chi connectivity index (χ2v) is 5.72. The second-order valence-electron chi connectivity index (χ2n) is 4.80. The lowest BCUT2D eigenvalue weighted by Crippen LogP contribution is -2.19. The smallest absolute Gasteiger partial charge is 0.126 e. The van der Waals surface area contributed by atoms with Crippen LogP contribution in [0.4, 0.5) is 10.1 Å². The fourth-order valence-electron chi connectivity index (χ4n) is 2.06. The summed E-state index contributed by atoms with van der Waals surface area (Å²) >= 11 is 3.46. The molecule has 0 aromatic heterocycles. The minimum absolute atomic E-state index is 0.137. The molecule has 1 atom stereocenters. The highest BCUT2D eigenvalue weighted by Gasteiger charge is 2.08. The van der Waals surface area contributed by atoms with Crippen LogP contribution in [0.15, 0.2) is 46.9 Å². The molecule has 2 aromatic rings. The number of rotatable bonds is 4. The molecule has 2 aromatic carbocycles. The van der Waals surface area contributed by atoms with E-state index in [0.717, 1.165) is 15.7 Å². The Morgan fingerprint density at radius 3 is 2.68 bits per heavy atom. The molecule has 0 bridgehead atoms. The predicted molar refractivity (Wildman–Crippen MR) is 82.1 cm³/mol. The van der Waals surface area contributed by atoms with Crippen molar-refractivity contribution in [2.24, 2.45) is 0 Å². The maximum atomic E-state index is 13.6. The zero-order valence-corrected chi connectivity index (χ0v) is 12.7. The van der Waals surface area contributed by atoms with Gasteiger partial charge in [0.05, 0.1) is 0 Å². The van der Waals surface area contributed by atoms with Crippen molar-refractivity contribution < 1.29 is 4.39 Å². The molecule has 0 fully saturated rings. The fraction of sp³-hybridized carbons (Fsp3) is 0.250. The summed E-state index contributed by atoms with van der Waals surface area (Å²) in [6.45, 7) is 4.12. The summed E-state index contributed by atoms with van der Waals surface area (Å²) in [5.41, 5.74) is 3.01. The Hall–Kier alpha value is -1.35. The second kappa shape index (κ2) is 6.20. The van der Waals surface area contributed by atoms with Gasteiger partial charge in [0.25, 0.3) is 0 Å². The maximum absolute atomic E-state index is 13.6. The summed E-state index contributed by atoms with van der Waals surface area (Å²) in [5.74, 6) is -0.137. The molecule has 100 valence electrons. The molecular weight excluding hydrogens is 305 g/mol. The Bertz CT molecular complexity index is 568. The highest BCUT2D eigenvalue weighted by Crippen LogP contribution is 2.22. The molecule has 0 saturated carbocycles. The van der Waals surface area contributed by atoms with Crippen LogP contribution in [0, 0.1) is 12.7 Å². The van der Waals surface area contributed by atoms with Crippen molar-refractivity contribution >= 4 is 21.6 Å². The Morgan fingerprint density at radius 1 is 1.21 bits per heavy atom. The van der Waals surface area contributed by atoms with Crippen molar-refractivity contribution in [3.05, 3.63) is 63.9 Å². The van der Waals surface area contributed by atoms with E-state index in [1.165, 1.54) is 11.6 Å². The van der Waals surface area contributed by atoms with Gasteiger partial charge in [0.1, 0.15) is 5.82 Å². The van der Waals surface area contributed by atoms with Gasteiger partial charge in [-0.05, 0) is 49.6 Å². The molecule has 1 unspecified atom stereocenters. The zero-order chi connectivity index (χ0) is 13.8. The number of anilines is 1. The van der Waals surface area contributed by atoms with Gasteiger partial charge < -0.3 is 5.32 Å². The van der Waals surface area contributed by atoms with E-state index >= 15 is 0 Å². The van der Waals surface area contributed by atoms with E-state index < -0.39 is 0 Å². The average Bonchev–Trinajstić information content (AvgIpc) is 2.37. The van der Waals surface area contributed by atoms with Gasteiger partial charge >= 0.3 is 0 Å². The molecule has 0 heterocycles. The molecule has 0 aliphatic heterocycles. The van der Waals surface area contributed by atoms with Gasteiger partial charge in [-0.3, -0.25) is 0 Å². The largest absolute Gasteiger partial charge is 0.382 e. The van der Waals surface area contributed by atoms with Gasteiger partial charge in [0, 0.05) is 16.2 Å². The molecule has 1 N–H and O–H groups in total. The number of nitrogens with one attached hydrogen (secondary N) is 1. The number of benzene rings is 2. The predicted octanol–water partition coefficient (Wildman–Crippen LogP) is 4.94. The quantitative estimate of drug-likeness (QED) is 0.841. The van der Waals surface area contributed by atoms with E-state index in [4.69, 9.17) is 0 Å². The van der Waals surface area contributed by atoms with Crippen molar-refractivity contribution in [3.63, 3.8) is 0 Å². The lowest BCUT2D eigenvalue weighted by molar-refractivity contribution is 0.601. The Labute approximate surface area is 122 Å². The van der Waals surface area contributed by atoms with Crippen LogP contribution < -0.4 is 5.32 Å². The number of hydrogen-bond donors (Lipinski definition) is 1. The first-order chi connectivity index (χ1) is 9.06. The van der Waals surface area contributed by atoms with Crippen molar-refractivity contribution in [3.8, 4) is 0 Å². The summed E-state index contributed by atoms with van der Waals surface area (Å²) in [6, 6.07) is 13.2. The SMILES string of the molecule is Cc1ccc(Br)cc1NC(C)Cc1ccccc1F. The third kappa shape index (κ3) is 3.80. The van der Waals surface area contributed by atoms with Crippen molar-refractivity contribution in [1.82, 2.24) is 0 Å². The minimum atomic E-state index is -0.137. The molecule has 19 heavy (non-hydrogen) atoms. The summed E-state index contributed by atoms with van der Waals surface area (Å²) < 4.78 is 14.6. The van der Waals surface area contributed by atoms with Gasteiger partial charge in [-0.2, -0.15) is 0 Å². The molecule has 2 rings (SSSR count). The van der Waals surface area contributed by atoms with Crippen LogP contribution >= 0.6 is 15.9 Å². The molecular formula is C16H17BrFN. The molecule has 0 spiro atoms. The van der Waals surface area contributed by atoms with Gasteiger partial charge in [-0.15, -0.1) is 0 Å². The molecule has 1 nitrogen and oxygen atoms in total. The normalized spacial score (nSPS) is 12.2. The van der Waals surface area contributed by atoms with Gasteiger partial charge in [0.2, 0.25) is 0 Å². The van der Waals surface area contributed by atoms with Gasteiger partial charge in [-0.1, -0.05) is 40.2 Å². The van der Waals surface area contributed by atoms with Gasteiger partial charge in [-0.25, -0.2) is 4.39 Å². The summed E-state index contributed by atoms with van der Waals surface area (Å²) in [6.07, 6.45) is 0.665. The van der Waals surface area contributed by atoms with E-state index in [1.807, 2.05) is 24.3 Å². The first-order valence-electron chi connectivity index (χ1n) is 6.32. The molecule has 0 amide bonds. The standard InChI is InChI=1S/C16H17BrFN/c1-11-7-8-14(17)10-16(11)19-12(2)9-13-5-3-4-6-15(13)18/h3-8,10,12,19H,9H2,1-2H3. The van der Waals surface area contributed by atoms with Crippen LogP contribution in [-0.4, -0.2) is 6.04 Å². The molecule has 0 radical (unpaired) electrons. The van der Waals surface area contributed by atoms with E-state index in [0.29, 0.717) is 6.42 Å². The maximum Gasteiger partial charge on any atom is 0.126 e. The van der Waals surface area contributed by atoms with Crippen molar-refractivity contribution in [2.45, 2.75) is 26.3 Å². The Morgan fingerprint density at radius 2 is 1.95 bits per heavy atom. The van der Waals surface area contributed by atoms with Crippen LogP contribution in [0.3, 0.4) is 0 Å². The van der Waals surface area contributed by atoms with Crippen molar-refractivity contribution in [2.75, 3.05) is 5.32 Å². The highest BCUT2D eigenvalue weighted by atomic mass is 79.9. The third-order valence-electron chi connectivity index (χ3n) is 3.09. The highest BCUT2D eigenvalue weighted by molar-refractivity contribution is 9.10. The summed E-state index contributed by atoms with van der Waals surface area (Å²) in [7, 11) is 0. The van der Waals surface area contributed by atoms with Crippen LogP contribution in [-0.2, 0) is 6.42 Å². The van der Waals surface area contributed by atoms with Crippen LogP contribution in [0.5, 0.6) is 0 Å². The van der Waals surface area contributed by atoms with E-state index in [2.05, 4.69) is 41.2 Å². The Kier molecular flexibility index (Phi) is 4.59. The number of aryl methyl sites for hydroxylation is 1. The molecule has 0 aliphatic rings. The monoisotopic (exact) mass is 321 g/mol. The van der Waals surface area contributed by atoms with Crippen LogP contribution in [0.1, 0.15) is 18.1 Å². The fourth-order valence-corrected chi connectivity index (χ4v) is 2.42. The van der Waals surface area contributed by atoms with Crippen LogP contribution in [0.25, 0.3) is 0 Å². The summed E-state index contributed by atoms with van der Waals surface area (Å²) in [4.78, 5) is 0. The molecule has 0 saturated heterocycles. The topological polar surface area (TPSA) is 12.0 Å². The minimum Gasteiger partial charge on any atom is -0.382 e.